The first-order valence-electron chi connectivity index (χ1n) is 6.52. The van der Waals surface area contributed by atoms with Crippen LogP contribution in [0, 0.1) is 0 Å². The first-order chi connectivity index (χ1) is 8.80. The van der Waals surface area contributed by atoms with Crippen molar-refractivity contribution < 1.29 is 14.3 Å². The molecule has 18 heavy (non-hydrogen) atoms. The summed E-state index contributed by atoms with van der Waals surface area (Å²) in [5.41, 5.74) is 4.14. The van der Waals surface area contributed by atoms with Crippen LogP contribution in [0.2, 0.25) is 0 Å². The summed E-state index contributed by atoms with van der Waals surface area (Å²) >= 11 is 0. The molecule has 1 aromatic rings. The van der Waals surface area contributed by atoms with Crippen molar-refractivity contribution in [3.63, 3.8) is 0 Å². The van der Waals surface area contributed by atoms with Crippen molar-refractivity contribution in [2.45, 2.75) is 38.8 Å². The second kappa shape index (κ2) is 6.07. The molecule has 4 heteroatoms. The molecule has 1 N–H and O–H groups in total. The van der Waals surface area contributed by atoms with Crippen molar-refractivity contribution in [1.82, 2.24) is 5.48 Å². The van der Waals surface area contributed by atoms with E-state index in [2.05, 4.69) is 12.4 Å². The Labute approximate surface area is 108 Å². The molecular weight excluding hydrogens is 230 g/mol. The number of hydroxylamine groups is 1. The second-order valence-corrected chi connectivity index (χ2v) is 4.38. The molecular formula is C14H21NO3. The number of nitrogens with one attached hydrogen (secondary N) is 1. The summed E-state index contributed by atoms with van der Waals surface area (Å²) in [5.74, 6) is 1.80. The molecule has 100 valence electrons. The van der Waals surface area contributed by atoms with Crippen LogP contribution in [0.3, 0.4) is 0 Å². The molecule has 1 heterocycles. The Bertz CT molecular complexity index is 395. The molecule has 0 saturated carbocycles. The van der Waals surface area contributed by atoms with Crippen LogP contribution in [0.1, 0.15) is 38.3 Å². The van der Waals surface area contributed by atoms with Gasteiger partial charge < -0.3 is 14.3 Å². The maximum Gasteiger partial charge on any atom is 0.125 e. The largest absolute Gasteiger partial charge is 0.494 e. The number of ether oxygens (including phenoxy) is 2. The first kappa shape index (κ1) is 13.2. The van der Waals surface area contributed by atoms with E-state index in [9.17, 15) is 0 Å². The van der Waals surface area contributed by atoms with Gasteiger partial charge in [-0.25, -0.2) is 0 Å². The standard InChI is InChI=1S/C14H21NO3/c1-4-6-13-14(15-16-3)11-9-10(17-5-2)7-8-12(11)18-13/h7-9,13-15H,4-6H2,1-3H3. The van der Waals surface area contributed by atoms with E-state index in [1.54, 1.807) is 7.11 Å². The lowest BCUT2D eigenvalue weighted by atomic mass is 10.0. The van der Waals surface area contributed by atoms with Gasteiger partial charge in [0.2, 0.25) is 0 Å². The number of hydrogen-bond donors (Lipinski definition) is 1. The monoisotopic (exact) mass is 251 g/mol. The Morgan fingerprint density at radius 2 is 2.17 bits per heavy atom. The van der Waals surface area contributed by atoms with Crippen LogP contribution in [-0.2, 0) is 4.84 Å². The van der Waals surface area contributed by atoms with E-state index in [-0.39, 0.29) is 12.1 Å². The van der Waals surface area contributed by atoms with Crippen molar-refractivity contribution in [3.8, 4) is 11.5 Å². The van der Waals surface area contributed by atoms with Gasteiger partial charge >= 0.3 is 0 Å². The predicted molar refractivity (Wildman–Crippen MR) is 69.8 cm³/mol. The summed E-state index contributed by atoms with van der Waals surface area (Å²) in [6.45, 7) is 4.80. The molecule has 2 atom stereocenters. The van der Waals surface area contributed by atoms with E-state index in [1.165, 1.54) is 0 Å². The normalized spacial score (nSPS) is 21.5. The predicted octanol–water partition coefficient (Wildman–Crippen LogP) is 2.84. The minimum Gasteiger partial charge on any atom is -0.494 e. The van der Waals surface area contributed by atoms with Gasteiger partial charge in [-0.2, -0.15) is 5.48 Å². The number of rotatable bonds is 6. The zero-order valence-corrected chi connectivity index (χ0v) is 11.2. The van der Waals surface area contributed by atoms with Crippen molar-refractivity contribution >= 4 is 0 Å². The molecule has 0 aliphatic carbocycles. The van der Waals surface area contributed by atoms with Crippen LogP contribution in [0.25, 0.3) is 0 Å². The summed E-state index contributed by atoms with van der Waals surface area (Å²) in [6.07, 6.45) is 2.21. The molecule has 1 aliphatic heterocycles. The van der Waals surface area contributed by atoms with Gasteiger partial charge in [-0.1, -0.05) is 13.3 Å². The van der Waals surface area contributed by atoms with Gasteiger partial charge in [0, 0.05) is 5.56 Å². The molecule has 0 fully saturated rings. The highest BCUT2D eigenvalue weighted by Crippen LogP contribution is 2.40. The maximum atomic E-state index is 5.95. The van der Waals surface area contributed by atoms with Crippen LogP contribution in [0.15, 0.2) is 18.2 Å². The van der Waals surface area contributed by atoms with Crippen molar-refractivity contribution in [3.05, 3.63) is 23.8 Å². The zero-order valence-electron chi connectivity index (χ0n) is 11.2. The van der Waals surface area contributed by atoms with E-state index in [4.69, 9.17) is 14.3 Å². The lowest BCUT2D eigenvalue weighted by Crippen LogP contribution is -2.30. The minimum absolute atomic E-state index is 0.0744. The van der Waals surface area contributed by atoms with E-state index < -0.39 is 0 Å². The maximum absolute atomic E-state index is 5.95. The third kappa shape index (κ3) is 2.60. The molecule has 0 radical (unpaired) electrons. The topological polar surface area (TPSA) is 39.7 Å². The van der Waals surface area contributed by atoms with Crippen molar-refractivity contribution in [2.75, 3.05) is 13.7 Å². The highest BCUT2D eigenvalue weighted by molar-refractivity contribution is 5.45. The molecule has 0 amide bonds. The Morgan fingerprint density at radius 1 is 1.33 bits per heavy atom. The van der Waals surface area contributed by atoms with Gasteiger partial charge in [0.15, 0.2) is 0 Å². The third-order valence-electron chi connectivity index (χ3n) is 3.10. The second-order valence-electron chi connectivity index (χ2n) is 4.38. The summed E-state index contributed by atoms with van der Waals surface area (Å²) in [5, 5.41) is 0. The van der Waals surface area contributed by atoms with Gasteiger partial charge in [-0.15, -0.1) is 0 Å². The van der Waals surface area contributed by atoms with Gasteiger partial charge in [0.05, 0.1) is 19.8 Å². The fourth-order valence-corrected chi connectivity index (χ4v) is 2.34. The highest BCUT2D eigenvalue weighted by Gasteiger charge is 2.34. The third-order valence-corrected chi connectivity index (χ3v) is 3.10. The Balaban J connectivity index is 2.23. The quantitative estimate of drug-likeness (QED) is 0.789. The van der Waals surface area contributed by atoms with Crippen LogP contribution in [0.5, 0.6) is 11.5 Å². The molecule has 0 bridgehead atoms. The van der Waals surface area contributed by atoms with Gasteiger partial charge in [0.1, 0.15) is 17.6 Å². The van der Waals surface area contributed by atoms with Crippen molar-refractivity contribution in [1.29, 1.82) is 0 Å². The Morgan fingerprint density at radius 3 is 2.83 bits per heavy atom. The van der Waals surface area contributed by atoms with Crippen LogP contribution < -0.4 is 15.0 Å². The number of fused-ring (bicyclic) bond motifs is 1. The van der Waals surface area contributed by atoms with E-state index in [0.717, 1.165) is 29.9 Å². The summed E-state index contributed by atoms with van der Waals surface area (Å²) in [7, 11) is 1.63. The molecule has 2 unspecified atom stereocenters. The summed E-state index contributed by atoms with van der Waals surface area (Å²) < 4.78 is 11.5. The van der Waals surface area contributed by atoms with E-state index in [0.29, 0.717) is 6.61 Å². The van der Waals surface area contributed by atoms with Gasteiger partial charge in [-0.3, -0.25) is 0 Å². The molecule has 1 aromatic carbocycles. The minimum atomic E-state index is 0.0744. The average molecular weight is 251 g/mol. The molecule has 2 rings (SSSR count). The average Bonchev–Trinajstić information content (AvgIpc) is 2.69. The molecule has 0 spiro atoms. The smallest absolute Gasteiger partial charge is 0.125 e. The van der Waals surface area contributed by atoms with Gasteiger partial charge in [-0.05, 0) is 31.5 Å². The van der Waals surface area contributed by atoms with Gasteiger partial charge in [0.25, 0.3) is 0 Å². The lowest BCUT2D eigenvalue weighted by Gasteiger charge is -2.18. The fourth-order valence-electron chi connectivity index (χ4n) is 2.34. The van der Waals surface area contributed by atoms with Crippen molar-refractivity contribution in [2.24, 2.45) is 0 Å². The SMILES string of the molecule is CCCC1Oc2ccc(OCC)cc2C1NOC. The Kier molecular flexibility index (Phi) is 4.44. The fraction of sp³-hybridized carbons (Fsp3) is 0.571. The zero-order chi connectivity index (χ0) is 13.0. The van der Waals surface area contributed by atoms with Crippen LogP contribution in [-0.4, -0.2) is 19.8 Å². The Hall–Kier alpha value is -1.26. The molecule has 1 aliphatic rings. The van der Waals surface area contributed by atoms with Crippen LogP contribution in [0.4, 0.5) is 0 Å². The number of benzene rings is 1. The molecule has 0 saturated heterocycles. The van der Waals surface area contributed by atoms with E-state index in [1.807, 2.05) is 25.1 Å². The van der Waals surface area contributed by atoms with Crippen LogP contribution >= 0.6 is 0 Å². The van der Waals surface area contributed by atoms with E-state index >= 15 is 0 Å². The lowest BCUT2D eigenvalue weighted by molar-refractivity contribution is 0.0269. The molecule has 0 aromatic heterocycles. The summed E-state index contributed by atoms with van der Waals surface area (Å²) in [6, 6.07) is 6.02. The molecule has 4 nitrogen and oxygen atoms in total. The summed E-state index contributed by atoms with van der Waals surface area (Å²) in [4.78, 5) is 5.09. The number of hydrogen-bond acceptors (Lipinski definition) is 4. The first-order valence-corrected chi connectivity index (χ1v) is 6.52. The highest BCUT2D eigenvalue weighted by atomic mass is 16.6.